The lowest BCUT2D eigenvalue weighted by molar-refractivity contribution is 0.0697. The van der Waals surface area contributed by atoms with Crippen molar-refractivity contribution in [1.82, 2.24) is 9.80 Å². The summed E-state index contributed by atoms with van der Waals surface area (Å²) in [6.07, 6.45) is 0. The zero-order valence-corrected chi connectivity index (χ0v) is 11.7. The van der Waals surface area contributed by atoms with Gasteiger partial charge in [-0.25, -0.2) is 9.59 Å². The minimum atomic E-state index is -1.03. The summed E-state index contributed by atoms with van der Waals surface area (Å²) < 4.78 is 0. The number of carboxylic acids is 1. The zero-order valence-electron chi connectivity index (χ0n) is 11.7. The van der Waals surface area contributed by atoms with E-state index < -0.39 is 5.97 Å². The molecule has 0 bridgehead atoms. The number of carboxylic acid groups (broad SMARTS) is 1. The predicted molar refractivity (Wildman–Crippen MR) is 76.3 cm³/mol. The average molecular weight is 277 g/mol. The molecule has 20 heavy (non-hydrogen) atoms. The summed E-state index contributed by atoms with van der Waals surface area (Å²) in [4.78, 5) is 29.0. The van der Waals surface area contributed by atoms with Crippen molar-refractivity contribution < 1.29 is 14.7 Å². The maximum Gasteiger partial charge on any atom is 0.337 e. The number of hydrogen-bond donors (Lipinski definition) is 1. The Hall–Kier alpha value is -2.08. The first-order valence-electron chi connectivity index (χ1n) is 6.54. The van der Waals surface area contributed by atoms with Gasteiger partial charge in [0.2, 0.25) is 0 Å². The fourth-order valence-electron chi connectivity index (χ4n) is 2.26. The van der Waals surface area contributed by atoms with Gasteiger partial charge >= 0.3 is 12.0 Å². The number of anilines is 1. The first kappa shape index (κ1) is 14.3. The molecule has 1 aliphatic heterocycles. The van der Waals surface area contributed by atoms with Gasteiger partial charge in [0, 0.05) is 33.2 Å². The van der Waals surface area contributed by atoms with Crippen molar-refractivity contribution in [2.75, 3.05) is 45.2 Å². The molecule has 0 aliphatic carbocycles. The second-order valence-corrected chi connectivity index (χ2v) is 4.95. The van der Waals surface area contributed by atoms with Crippen molar-refractivity contribution in [3.63, 3.8) is 0 Å². The quantitative estimate of drug-likeness (QED) is 0.882. The van der Waals surface area contributed by atoms with E-state index in [-0.39, 0.29) is 11.6 Å². The van der Waals surface area contributed by atoms with Gasteiger partial charge in [-0.3, -0.25) is 4.90 Å². The number of benzene rings is 1. The third-order valence-electron chi connectivity index (χ3n) is 3.56. The number of carbonyl (C=O) groups is 2. The van der Waals surface area contributed by atoms with Crippen LogP contribution < -0.4 is 4.90 Å². The van der Waals surface area contributed by atoms with E-state index in [9.17, 15) is 14.7 Å². The highest BCUT2D eigenvalue weighted by Crippen LogP contribution is 2.20. The Bertz CT molecular complexity index is 510. The highest BCUT2D eigenvalue weighted by atomic mass is 16.4. The maximum atomic E-state index is 12.4. The summed E-state index contributed by atoms with van der Waals surface area (Å²) in [5, 5.41) is 9.18. The largest absolute Gasteiger partial charge is 0.478 e. The molecule has 0 aromatic heterocycles. The Labute approximate surface area is 118 Å². The van der Waals surface area contributed by atoms with Crippen molar-refractivity contribution in [3.05, 3.63) is 29.8 Å². The molecule has 6 nitrogen and oxygen atoms in total. The summed E-state index contributed by atoms with van der Waals surface area (Å²) in [7, 11) is 3.63. The molecule has 1 aliphatic rings. The highest BCUT2D eigenvalue weighted by Gasteiger charge is 2.24. The number of aromatic carboxylic acids is 1. The number of urea groups is 1. The molecule has 0 atom stereocenters. The van der Waals surface area contributed by atoms with Gasteiger partial charge in [0.1, 0.15) is 0 Å². The Morgan fingerprint density at radius 2 is 1.75 bits per heavy atom. The molecular formula is C14H19N3O3. The smallest absolute Gasteiger partial charge is 0.337 e. The van der Waals surface area contributed by atoms with Gasteiger partial charge in [0.15, 0.2) is 0 Å². The Morgan fingerprint density at radius 3 is 2.35 bits per heavy atom. The van der Waals surface area contributed by atoms with Gasteiger partial charge in [-0.15, -0.1) is 0 Å². The number of likely N-dealkylation sites (N-methyl/N-ethyl adjacent to an activating group) is 1. The van der Waals surface area contributed by atoms with E-state index >= 15 is 0 Å². The van der Waals surface area contributed by atoms with Gasteiger partial charge in [-0.2, -0.15) is 0 Å². The van der Waals surface area contributed by atoms with Crippen LogP contribution in [0, 0.1) is 0 Å². The number of carbonyl (C=O) groups excluding carboxylic acids is 1. The first-order valence-corrected chi connectivity index (χ1v) is 6.54. The van der Waals surface area contributed by atoms with E-state index in [2.05, 4.69) is 4.90 Å². The van der Waals surface area contributed by atoms with Crippen molar-refractivity contribution in [2.24, 2.45) is 0 Å². The second kappa shape index (κ2) is 5.92. The summed E-state index contributed by atoms with van der Waals surface area (Å²) in [6, 6.07) is 6.38. The molecule has 1 saturated heterocycles. The van der Waals surface area contributed by atoms with Crippen LogP contribution in [0.5, 0.6) is 0 Å². The normalized spacial score (nSPS) is 16.0. The van der Waals surface area contributed by atoms with Crippen LogP contribution in [0.1, 0.15) is 10.4 Å². The first-order chi connectivity index (χ1) is 9.50. The van der Waals surface area contributed by atoms with Crippen LogP contribution in [0.25, 0.3) is 0 Å². The lowest BCUT2D eigenvalue weighted by Gasteiger charge is -2.35. The van der Waals surface area contributed by atoms with Crippen molar-refractivity contribution in [1.29, 1.82) is 0 Å². The van der Waals surface area contributed by atoms with Crippen LogP contribution in [0.4, 0.5) is 10.5 Å². The van der Waals surface area contributed by atoms with Crippen LogP contribution in [0.3, 0.4) is 0 Å². The summed E-state index contributed by atoms with van der Waals surface area (Å²) in [6.45, 7) is 2.99. The molecule has 1 N–H and O–H groups in total. The van der Waals surface area contributed by atoms with Gasteiger partial charge in [-0.05, 0) is 19.2 Å². The van der Waals surface area contributed by atoms with Gasteiger partial charge in [-0.1, -0.05) is 12.1 Å². The number of hydrogen-bond acceptors (Lipinski definition) is 3. The van der Waals surface area contributed by atoms with E-state index in [1.165, 1.54) is 11.0 Å². The maximum absolute atomic E-state index is 12.4. The van der Waals surface area contributed by atoms with Gasteiger partial charge in [0.25, 0.3) is 0 Å². The molecule has 108 valence electrons. The number of para-hydroxylation sites is 1. The Balaban J connectivity index is 2.17. The SMILES string of the molecule is CN1CCN(C(=O)N(C)c2ccccc2C(=O)O)CC1. The minimum Gasteiger partial charge on any atom is -0.478 e. The topological polar surface area (TPSA) is 64.1 Å². The summed E-state index contributed by atoms with van der Waals surface area (Å²) in [5.41, 5.74) is 0.557. The second-order valence-electron chi connectivity index (χ2n) is 4.95. The van der Waals surface area contributed by atoms with Crippen molar-refractivity contribution in [3.8, 4) is 0 Å². The number of nitrogens with zero attached hydrogens (tertiary/aromatic N) is 3. The minimum absolute atomic E-state index is 0.137. The van der Waals surface area contributed by atoms with E-state index in [0.717, 1.165) is 13.1 Å². The highest BCUT2D eigenvalue weighted by molar-refractivity contribution is 6.01. The molecular weight excluding hydrogens is 258 g/mol. The van der Waals surface area contributed by atoms with Crippen molar-refractivity contribution >= 4 is 17.7 Å². The van der Waals surface area contributed by atoms with Gasteiger partial charge in [0.05, 0.1) is 11.3 Å². The molecule has 1 fully saturated rings. The molecule has 2 rings (SSSR count). The van der Waals surface area contributed by atoms with Crippen molar-refractivity contribution in [2.45, 2.75) is 0 Å². The standard InChI is InChI=1S/C14H19N3O3/c1-15-7-9-17(10-8-15)14(20)16(2)12-6-4-3-5-11(12)13(18)19/h3-6H,7-10H2,1-2H3,(H,18,19). The monoisotopic (exact) mass is 277 g/mol. The van der Waals surface area contributed by atoms with E-state index in [0.29, 0.717) is 18.8 Å². The average Bonchev–Trinajstić information content (AvgIpc) is 2.46. The fraction of sp³-hybridized carbons (Fsp3) is 0.429. The Kier molecular flexibility index (Phi) is 4.24. The molecule has 0 saturated carbocycles. The number of amides is 2. The van der Waals surface area contributed by atoms with Gasteiger partial charge < -0.3 is 14.9 Å². The molecule has 0 unspecified atom stereocenters. The third kappa shape index (κ3) is 2.91. The summed E-state index contributed by atoms with van der Waals surface area (Å²) in [5.74, 6) is -1.03. The fourth-order valence-corrected chi connectivity index (χ4v) is 2.26. The molecule has 6 heteroatoms. The zero-order chi connectivity index (χ0) is 14.7. The predicted octanol–water partition coefficient (Wildman–Crippen LogP) is 1.19. The van der Waals surface area contributed by atoms with Crippen LogP contribution >= 0.6 is 0 Å². The van der Waals surface area contributed by atoms with Crippen LogP contribution in [0.15, 0.2) is 24.3 Å². The summed E-state index contributed by atoms with van der Waals surface area (Å²) >= 11 is 0. The lowest BCUT2D eigenvalue weighted by atomic mass is 10.1. The molecule has 0 radical (unpaired) electrons. The van der Waals surface area contributed by atoms with E-state index in [1.54, 1.807) is 30.1 Å². The Morgan fingerprint density at radius 1 is 1.15 bits per heavy atom. The number of rotatable bonds is 2. The number of piperazine rings is 1. The third-order valence-corrected chi connectivity index (χ3v) is 3.56. The molecule has 1 heterocycles. The van der Waals surface area contributed by atoms with E-state index in [1.807, 2.05) is 7.05 Å². The molecule has 0 spiro atoms. The molecule has 1 aromatic rings. The van der Waals surface area contributed by atoms with Crippen LogP contribution in [-0.4, -0.2) is 67.2 Å². The van der Waals surface area contributed by atoms with E-state index in [4.69, 9.17) is 0 Å². The van der Waals surface area contributed by atoms with Crippen LogP contribution in [0.2, 0.25) is 0 Å². The lowest BCUT2D eigenvalue weighted by Crippen LogP contribution is -2.51. The molecule has 1 aromatic carbocycles. The van der Waals surface area contributed by atoms with Crippen LogP contribution in [-0.2, 0) is 0 Å². The molecule has 2 amide bonds.